The van der Waals surface area contributed by atoms with E-state index in [0.29, 0.717) is 19.5 Å². The third-order valence-corrected chi connectivity index (χ3v) is 3.11. The van der Waals surface area contributed by atoms with Gasteiger partial charge in [-0.05, 0) is 30.7 Å². The first-order valence-electron chi connectivity index (χ1n) is 6.68. The molecule has 0 aliphatic heterocycles. The third kappa shape index (κ3) is 3.42. The summed E-state index contributed by atoms with van der Waals surface area (Å²) < 4.78 is 0. The van der Waals surface area contributed by atoms with Crippen molar-refractivity contribution in [3.05, 3.63) is 59.9 Å². The Morgan fingerprint density at radius 2 is 1.95 bits per heavy atom. The molecule has 0 spiro atoms. The van der Waals surface area contributed by atoms with E-state index in [1.807, 2.05) is 49.4 Å². The maximum atomic E-state index is 12.3. The minimum Gasteiger partial charge on any atom is -0.330 e. The lowest BCUT2D eigenvalue weighted by Gasteiger charge is -2.24. The first-order valence-corrected chi connectivity index (χ1v) is 6.68. The van der Waals surface area contributed by atoms with Gasteiger partial charge >= 0.3 is 0 Å². The summed E-state index contributed by atoms with van der Waals surface area (Å²) >= 11 is 0. The third-order valence-electron chi connectivity index (χ3n) is 3.11. The Bertz CT molecular complexity index is 569. The maximum Gasteiger partial charge on any atom is 0.228 e. The van der Waals surface area contributed by atoms with Crippen LogP contribution < -0.4 is 10.6 Å². The van der Waals surface area contributed by atoms with Crippen molar-refractivity contribution in [2.45, 2.75) is 19.9 Å². The molecule has 0 fully saturated rings. The smallest absolute Gasteiger partial charge is 0.228 e. The van der Waals surface area contributed by atoms with E-state index in [2.05, 4.69) is 4.98 Å². The van der Waals surface area contributed by atoms with Crippen LogP contribution >= 0.6 is 0 Å². The van der Waals surface area contributed by atoms with Gasteiger partial charge in [0.1, 0.15) is 0 Å². The molecule has 2 aromatic rings. The molecule has 4 nitrogen and oxygen atoms in total. The van der Waals surface area contributed by atoms with E-state index in [0.717, 1.165) is 16.9 Å². The Morgan fingerprint density at radius 1 is 1.20 bits per heavy atom. The van der Waals surface area contributed by atoms with Gasteiger partial charge in [-0.15, -0.1) is 0 Å². The quantitative estimate of drug-likeness (QED) is 0.905. The van der Waals surface area contributed by atoms with Gasteiger partial charge in [0.2, 0.25) is 5.91 Å². The summed E-state index contributed by atoms with van der Waals surface area (Å²) in [5.74, 6) is 0.0208. The average molecular weight is 269 g/mol. The summed E-state index contributed by atoms with van der Waals surface area (Å²) in [5, 5.41) is 0. The first-order chi connectivity index (χ1) is 9.72. The SMILES string of the molecule is Cc1ccccc1N(Cc1ccccn1)C(=O)CCN. The molecule has 20 heavy (non-hydrogen) atoms. The van der Waals surface area contributed by atoms with Crippen LogP contribution in [0.15, 0.2) is 48.7 Å². The van der Waals surface area contributed by atoms with Gasteiger partial charge in [-0.1, -0.05) is 24.3 Å². The van der Waals surface area contributed by atoms with Crippen molar-refractivity contribution in [1.82, 2.24) is 4.98 Å². The number of rotatable bonds is 5. The van der Waals surface area contributed by atoms with Crippen LogP contribution in [-0.4, -0.2) is 17.4 Å². The standard InChI is InChI=1S/C16H19N3O/c1-13-6-2-3-8-15(13)19(16(20)9-10-17)12-14-7-4-5-11-18-14/h2-8,11H,9-10,12,17H2,1H3. The number of pyridine rings is 1. The Morgan fingerprint density at radius 3 is 2.60 bits per heavy atom. The molecule has 1 aromatic heterocycles. The van der Waals surface area contributed by atoms with Gasteiger partial charge < -0.3 is 10.6 Å². The monoisotopic (exact) mass is 269 g/mol. The van der Waals surface area contributed by atoms with Crippen molar-refractivity contribution >= 4 is 11.6 Å². The zero-order valence-electron chi connectivity index (χ0n) is 11.6. The number of hydrogen-bond acceptors (Lipinski definition) is 3. The molecule has 104 valence electrons. The first kappa shape index (κ1) is 14.2. The summed E-state index contributed by atoms with van der Waals surface area (Å²) in [6.07, 6.45) is 2.07. The molecule has 2 rings (SSSR count). The number of carbonyl (C=O) groups is 1. The molecule has 0 aliphatic rings. The van der Waals surface area contributed by atoms with Crippen LogP contribution in [0.1, 0.15) is 17.7 Å². The highest BCUT2D eigenvalue weighted by atomic mass is 16.2. The van der Waals surface area contributed by atoms with Crippen LogP contribution in [0.25, 0.3) is 0 Å². The second-order valence-corrected chi connectivity index (χ2v) is 4.63. The molecule has 0 atom stereocenters. The number of aryl methyl sites for hydroxylation is 1. The lowest BCUT2D eigenvalue weighted by Crippen LogP contribution is -2.32. The molecule has 1 amide bonds. The Hall–Kier alpha value is -2.20. The van der Waals surface area contributed by atoms with Crippen LogP contribution in [0.4, 0.5) is 5.69 Å². The van der Waals surface area contributed by atoms with E-state index < -0.39 is 0 Å². The molecule has 0 unspecified atom stereocenters. The summed E-state index contributed by atoms with van der Waals surface area (Å²) in [6, 6.07) is 13.5. The molecule has 0 saturated heterocycles. The van der Waals surface area contributed by atoms with Crippen LogP contribution in [0.3, 0.4) is 0 Å². The highest BCUT2D eigenvalue weighted by molar-refractivity contribution is 5.94. The Labute approximate surface area is 119 Å². The van der Waals surface area contributed by atoms with Gasteiger partial charge in [-0.2, -0.15) is 0 Å². The Kier molecular flexibility index (Phi) is 4.85. The van der Waals surface area contributed by atoms with Crippen molar-refractivity contribution in [3.63, 3.8) is 0 Å². The van der Waals surface area contributed by atoms with E-state index in [4.69, 9.17) is 5.73 Å². The highest BCUT2D eigenvalue weighted by Gasteiger charge is 2.17. The van der Waals surface area contributed by atoms with Gasteiger partial charge in [-0.25, -0.2) is 0 Å². The number of aromatic nitrogens is 1. The number of para-hydroxylation sites is 1. The van der Waals surface area contributed by atoms with Gasteiger partial charge in [0.15, 0.2) is 0 Å². The Balaban J connectivity index is 2.30. The molecule has 0 bridgehead atoms. The fourth-order valence-corrected chi connectivity index (χ4v) is 2.09. The predicted molar refractivity (Wildman–Crippen MR) is 80.3 cm³/mol. The fourth-order valence-electron chi connectivity index (χ4n) is 2.09. The molecule has 0 saturated carbocycles. The average Bonchev–Trinajstić information content (AvgIpc) is 2.47. The van der Waals surface area contributed by atoms with Crippen LogP contribution in [0, 0.1) is 6.92 Å². The van der Waals surface area contributed by atoms with E-state index in [-0.39, 0.29) is 5.91 Å². The van der Waals surface area contributed by atoms with E-state index in [1.54, 1.807) is 11.1 Å². The summed E-state index contributed by atoms with van der Waals surface area (Å²) in [6.45, 7) is 2.81. The van der Waals surface area contributed by atoms with Crippen LogP contribution in [0.5, 0.6) is 0 Å². The lowest BCUT2D eigenvalue weighted by molar-refractivity contribution is -0.118. The minimum atomic E-state index is 0.0208. The molecule has 4 heteroatoms. The number of amides is 1. The number of nitrogens with two attached hydrogens (primary N) is 1. The van der Waals surface area contributed by atoms with Gasteiger partial charge in [-0.3, -0.25) is 9.78 Å². The van der Waals surface area contributed by atoms with Gasteiger partial charge in [0.25, 0.3) is 0 Å². The number of carbonyl (C=O) groups excluding carboxylic acids is 1. The van der Waals surface area contributed by atoms with Crippen molar-refractivity contribution in [2.24, 2.45) is 5.73 Å². The predicted octanol–water partition coefficient (Wildman–Crippen LogP) is 2.27. The van der Waals surface area contributed by atoms with E-state index in [9.17, 15) is 4.79 Å². The molecular weight excluding hydrogens is 250 g/mol. The van der Waals surface area contributed by atoms with Crippen molar-refractivity contribution in [1.29, 1.82) is 0 Å². The van der Waals surface area contributed by atoms with Crippen LogP contribution in [0.2, 0.25) is 0 Å². The summed E-state index contributed by atoms with van der Waals surface area (Å²) in [7, 11) is 0. The number of anilines is 1. The zero-order valence-corrected chi connectivity index (χ0v) is 11.6. The lowest BCUT2D eigenvalue weighted by atomic mass is 10.1. The van der Waals surface area contributed by atoms with Crippen molar-refractivity contribution in [3.8, 4) is 0 Å². The summed E-state index contributed by atoms with van der Waals surface area (Å²) in [5.41, 5.74) is 8.35. The van der Waals surface area contributed by atoms with Crippen molar-refractivity contribution < 1.29 is 4.79 Å². The molecule has 0 aliphatic carbocycles. The number of benzene rings is 1. The van der Waals surface area contributed by atoms with E-state index >= 15 is 0 Å². The van der Waals surface area contributed by atoms with E-state index in [1.165, 1.54) is 0 Å². The maximum absolute atomic E-state index is 12.3. The molecule has 1 heterocycles. The molecule has 1 aromatic carbocycles. The van der Waals surface area contributed by atoms with Gasteiger partial charge in [0.05, 0.1) is 12.2 Å². The number of nitrogens with zero attached hydrogens (tertiary/aromatic N) is 2. The fraction of sp³-hybridized carbons (Fsp3) is 0.250. The number of hydrogen-bond donors (Lipinski definition) is 1. The largest absolute Gasteiger partial charge is 0.330 e. The summed E-state index contributed by atoms with van der Waals surface area (Å²) in [4.78, 5) is 18.4. The second kappa shape index (κ2) is 6.82. The molecule has 0 radical (unpaired) electrons. The minimum absolute atomic E-state index is 0.0208. The van der Waals surface area contributed by atoms with Gasteiger partial charge in [0, 0.05) is 24.8 Å². The molecule has 2 N–H and O–H groups in total. The zero-order chi connectivity index (χ0) is 14.4. The second-order valence-electron chi connectivity index (χ2n) is 4.63. The van der Waals surface area contributed by atoms with Crippen LogP contribution in [-0.2, 0) is 11.3 Å². The topological polar surface area (TPSA) is 59.2 Å². The van der Waals surface area contributed by atoms with Crippen molar-refractivity contribution in [2.75, 3.05) is 11.4 Å². The molecular formula is C16H19N3O. The normalized spacial score (nSPS) is 10.3. The highest BCUT2D eigenvalue weighted by Crippen LogP contribution is 2.22.